The SMILES string of the molecule is CC1(C)c2ccc(-n3c4ccccc4c4ccccc43)cc2C2(c3ccccc3C(=O)c3ccccc32)c2cc(-n3c4ccccc4c4ccccc43)ccc21. The van der Waals surface area contributed by atoms with Crippen LogP contribution in [0.2, 0.25) is 0 Å². The average Bonchev–Trinajstić information content (AvgIpc) is 3.77. The van der Waals surface area contributed by atoms with Gasteiger partial charge in [-0.25, -0.2) is 0 Å². The third-order valence-electron chi connectivity index (χ3n) is 13.0. The van der Waals surface area contributed by atoms with E-state index in [1.54, 1.807) is 0 Å². The second kappa shape index (κ2) is 11.1. The number of ketones is 1. The Bertz CT molecular complexity index is 2990. The Morgan fingerprint density at radius 1 is 0.357 bits per heavy atom. The number of carbonyl (C=O) groups excluding carboxylic acids is 1. The Morgan fingerprint density at radius 3 is 1.09 bits per heavy atom. The summed E-state index contributed by atoms with van der Waals surface area (Å²) in [5, 5.41) is 4.93. The highest BCUT2D eigenvalue weighted by Gasteiger charge is 2.53. The predicted molar refractivity (Wildman–Crippen MR) is 229 cm³/mol. The largest absolute Gasteiger partial charge is 0.309 e. The highest BCUT2D eigenvalue weighted by Crippen LogP contribution is 2.59. The van der Waals surface area contributed by atoms with E-state index in [4.69, 9.17) is 0 Å². The minimum absolute atomic E-state index is 0.0758. The molecule has 0 unspecified atom stereocenters. The van der Waals surface area contributed by atoms with E-state index in [0.717, 1.165) is 33.6 Å². The van der Waals surface area contributed by atoms with Gasteiger partial charge in [0.1, 0.15) is 0 Å². The Labute approximate surface area is 324 Å². The molecule has 2 aliphatic carbocycles. The van der Waals surface area contributed by atoms with Gasteiger partial charge < -0.3 is 9.13 Å². The summed E-state index contributed by atoms with van der Waals surface area (Å²) in [6.07, 6.45) is 0. The van der Waals surface area contributed by atoms with E-state index in [9.17, 15) is 4.79 Å². The first-order chi connectivity index (χ1) is 27.5. The fourth-order valence-electron chi connectivity index (χ4n) is 10.6. The van der Waals surface area contributed by atoms with Gasteiger partial charge in [-0.15, -0.1) is 0 Å². The molecule has 3 heteroatoms. The van der Waals surface area contributed by atoms with E-state index >= 15 is 0 Å². The number of nitrogens with zero attached hydrogens (tertiary/aromatic N) is 2. The molecule has 2 aromatic heterocycles. The molecule has 0 radical (unpaired) electrons. The summed E-state index contributed by atoms with van der Waals surface area (Å²) in [6.45, 7) is 4.73. The zero-order valence-electron chi connectivity index (χ0n) is 31.1. The van der Waals surface area contributed by atoms with Crippen LogP contribution in [-0.4, -0.2) is 14.9 Å². The van der Waals surface area contributed by atoms with Crippen LogP contribution in [0.5, 0.6) is 0 Å². The number of hydrogen-bond donors (Lipinski definition) is 0. The fourth-order valence-corrected chi connectivity index (χ4v) is 10.6. The molecule has 0 N–H and O–H groups in total. The lowest BCUT2D eigenvalue weighted by Gasteiger charge is -2.50. The van der Waals surface area contributed by atoms with Crippen LogP contribution in [-0.2, 0) is 10.8 Å². The number of para-hydroxylation sites is 4. The molecule has 0 bridgehead atoms. The Balaban J connectivity index is 1.25. The number of hydrogen-bond acceptors (Lipinski definition) is 1. The lowest BCUT2D eigenvalue weighted by molar-refractivity contribution is 0.103. The Kier molecular flexibility index (Phi) is 6.20. The first-order valence-corrected chi connectivity index (χ1v) is 19.5. The molecule has 2 heterocycles. The van der Waals surface area contributed by atoms with Crippen LogP contribution < -0.4 is 0 Å². The van der Waals surface area contributed by atoms with Gasteiger partial charge >= 0.3 is 0 Å². The van der Waals surface area contributed by atoms with E-state index in [2.05, 4.69) is 181 Å². The van der Waals surface area contributed by atoms with Crippen molar-refractivity contribution in [1.29, 1.82) is 0 Å². The maximum absolute atomic E-state index is 14.6. The molecule has 2 aliphatic rings. The molecule has 0 aliphatic heterocycles. The summed E-state index contributed by atoms with van der Waals surface area (Å²) in [5.74, 6) is 0.0758. The van der Waals surface area contributed by atoms with Crippen molar-refractivity contribution in [2.24, 2.45) is 0 Å². The van der Waals surface area contributed by atoms with Gasteiger partial charge in [0.15, 0.2) is 5.78 Å². The number of rotatable bonds is 2. The van der Waals surface area contributed by atoms with Crippen molar-refractivity contribution < 1.29 is 4.79 Å². The standard InChI is InChI=1S/C53H36N2O/c1-52(2)43-29-27-33(54-47-23-11-5-15-35(47)36-16-6-12-24-48(36)54)31-45(43)53(41-21-9-3-19-39(41)51(56)40-20-4-10-22-42(40)53)46-32-34(28-30-44(46)52)55-49-25-13-7-17-37(49)38-18-8-14-26-50(38)55/h3-32H,1-2H3. The quantitative estimate of drug-likeness (QED) is 0.175. The maximum Gasteiger partial charge on any atom is 0.193 e. The van der Waals surface area contributed by atoms with Crippen molar-refractivity contribution in [2.45, 2.75) is 24.7 Å². The number of fused-ring (bicyclic) bond motifs is 14. The molecule has 0 atom stereocenters. The van der Waals surface area contributed by atoms with E-state index in [0.29, 0.717) is 0 Å². The molecule has 8 aromatic carbocycles. The van der Waals surface area contributed by atoms with E-state index in [1.807, 2.05) is 24.3 Å². The molecule has 3 nitrogen and oxygen atoms in total. The Hall–Kier alpha value is -6.97. The summed E-state index contributed by atoms with van der Waals surface area (Å²) < 4.78 is 4.84. The second-order valence-corrected chi connectivity index (χ2v) is 16.0. The average molecular weight is 717 g/mol. The van der Waals surface area contributed by atoms with Crippen LogP contribution in [0.3, 0.4) is 0 Å². The van der Waals surface area contributed by atoms with Gasteiger partial charge in [-0.3, -0.25) is 4.79 Å². The normalized spacial score (nSPS) is 14.9. The highest BCUT2D eigenvalue weighted by molar-refractivity contribution is 6.15. The molecule has 1 spiro atoms. The lowest BCUT2D eigenvalue weighted by atomic mass is 9.51. The zero-order valence-corrected chi connectivity index (χ0v) is 31.1. The van der Waals surface area contributed by atoms with Gasteiger partial charge in [0, 0.05) is 49.5 Å². The van der Waals surface area contributed by atoms with Crippen LogP contribution >= 0.6 is 0 Å². The van der Waals surface area contributed by atoms with Gasteiger partial charge in [0.05, 0.1) is 27.5 Å². The van der Waals surface area contributed by atoms with Crippen LogP contribution in [0, 0.1) is 0 Å². The van der Waals surface area contributed by atoms with Gasteiger partial charge in [-0.1, -0.05) is 147 Å². The molecule has 0 saturated heterocycles. The summed E-state index contributed by atoms with van der Waals surface area (Å²) in [5.41, 5.74) is 14.3. The molecule has 0 saturated carbocycles. The van der Waals surface area contributed by atoms with Crippen molar-refractivity contribution in [2.75, 3.05) is 0 Å². The number of benzene rings is 8. The van der Waals surface area contributed by atoms with Crippen LogP contribution in [0.1, 0.15) is 63.1 Å². The first kappa shape index (κ1) is 31.4. The monoisotopic (exact) mass is 716 g/mol. The van der Waals surface area contributed by atoms with E-state index in [1.165, 1.54) is 65.9 Å². The molecule has 12 rings (SSSR count). The summed E-state index contributed by atoms with van der Waals surface area (Å²) in [7, 11) is 0. The summed E-state index contributed by atoms with van der Waals surface area (Å²) in [4.78, 5) is 14.6. The smallest absolute Gasteiger partial charge is 0.193 e. The van der Waals surface area contributed by atoms with Crippen molar-refractivity contribution >= 4 is 49.4 Å². The molecule has 56 heavy (non-hydrogen) atoms. The van der Waals surface area contributed by atoms with Crippen LogP contribution in [0.15, 0.2) is 182 Å². The predicted octanol–water partition coefficient (Wildman–Crippen LogP) is 12.4. The zero-order chi connectivity index (χ0) is 37.3. The molecule has 10 aromatic rings. The highest BCUT2D eigenvalue weighted by atomic mass is 16.1. The second-order valence-electron chi connectivity index (χ2n) is 16.0. The van der Waals surface area contributed by atoms with Gasteiger partial charge in [0.2, 0.25) is 0 Å². The summed E-state index contributed by atoms with van der Waals surface area (Å²) >= 11 is 0. The van der Waals surface area contributed by atoms with Crippen LogP contribution in [0.4, 0.5) is 0 Å². The lowest BCUT2D eigenvalue weighted by Crippen LogP contribution is -2.45. The first-order valence-electron chi connectivity index (χ1n) is 19.5. The van der Waals surface area contributed by atoms with Crippen molar-refractivity contribution in [1.82, 2.24) is 9.13 Å². The fraction of sp³-hybridized carbons (Fsp3) is 0.0755. The minimum atomic E-state index is -0.787. The molecule has 264 valence electrons. The molecular weight excluding hydrogens is 681 g/mol. The third kappa shape index (κ3) is 3.84. The van der Waals surface area contributed by atoms with Crippen molar-refractivity contribution in [3.8, 4) is 11.4 Å². The summed E-state index contributed by atoms with van der Waals surface area (Å²) in [6, 6.07) is 65.8. The minimum Gasteiger partial charge on any atom is -0.309 e. The third-order valence-corrected chi connectivity index (χ3v) is 13.0. The van der Waals surface area contributed by atoms with Gasteiger partial charge in [-0.05, 0) is 81.9 Å². The molecule has 0 amide bonds. The Morgan fingerprint density at radius 2 is 0.696 bits per heavy atom. The van der Waals surface area contributed by atoms with Gasteiger partial charge in [-0.2, -0.15) is 0 Å². The molecular formula is C53H36N2O. The number of aromatic nitrogens is 2. The topological polar surface area (TPSA) is 26.9 Å². The van der Waals surface area contributed by atoms with Gasteiger partial charge in [0.25, 0.3) is 0 Å². The van der Waals surface area contributed by atoms with Crippen molar-refractivity contribution in [3.05, 3.63) is 226 Å². The van der Waals surface area contributed by atoms with Crippen LogP contribution in [0.25, 0.3) is 55.0 Å². The van der Waals surface area contributed by atoms with E-state index in [-0.39, 0.29) is 11.2 Å². The number of carbonyl (C=O) groups is 1. The van der Waals surface area contributed by atoms with Crippen molar-refractivity contribution in [3.63, 3.8) is 0 Å². The van der Waals surface area contributed by atoms with E-state index < -0.39 is 5.41 Å². The molecule has 0 fully saturated rings. The maximum atomic E-state index is 14.6.